The van der Waals surface area contributed by atoms with Crippen molar-refractivity contribution in [3.63, 3.8) is 0 Å². The Kier molecular flexibility index (Phi) is 3.64. The van der Waals surface area contributed by atoms with E-state index in [1.165, 1.54) is 0 Å². The van der Waals surface area contributed by atoms with Gasteiger partial charge in [0.2, 0.25) is 0 Å². The molecule has 94 valence electrons. The quantitative estimate of drug-likeness (QED) is 0.852. The van der Waals surface area contributed by atoms with Gasteiger partial charge >= 0.3 is 5.97 Å². The summed E-state index contributed by atoms with van der Waals surface area (Å²) in [6.45, 7) is 3.93. The summed E-state index contributed by atoms with van der Waals surface area (Å²) < 4.78 is 3.44. The highest BCUT2D eigenvalue weighted by atomic mass is 79.9. The molecule has 0 aliphatic rings. The van der Waals surface area contributed by atoms with E-state index in [2.05, 4.69) is 31.9 Å². The highest BCUT2D eigenvalue weighted by Crippen LogP contribution is 2.27. The molecular weight excluding hydrogens is 362 g/mol. The van der Waals surface area contributed by atoms with E-state index in [1.807, 2.05) is 26.0 Å². The van der Waals surface area contributed by atoms with Gasteiger partial charge in [0.25, 0.3) is 0 Å². The number of carboxylic acid groups (broad SMARTS) is 1. The van der Waals surface area contributed by atoms with E-state index in [4.69, 9.17) is 0 Å². The van der Waals surface area contributed by atoms with Gasteiger partial charge in [-0.1, -0.05) is 15.9 Å². The highest BCUT2D eigenvalue weighted by molar-refractivity contribution is 9.10. The van der Waals surface area contributed by atoms with Crippen molar-refractivity contribution in [1.82, 2.24) is 4.57 Å². The molecule has 0 saturated heterocycles. The van der Waals surface area contributed by atoms with Gasteiger partial charge in [0.15, 0.2) is 0 Å². The van der Waals surface area contributed by atoms with Gasteiger partial charge in [-0.05, 0) is 59.1 Å². The standard InChI is InChI=1S/C13H11Br2NO2/c1-7-3-9(14)4-8(2)12(7)16-6-10(15)5-11(16)13(17)18/h3-6H,1-2H3,(H,17,18). The van der Waals surface area contributed by atoms with Crippen LogP contribution in [-0.2, 0) is 0 Å². The minimum atomic E-state index is -0.942. The van der Waals surface area contributed by atoms with Crippen molar-refractivity contribution in [1.29, 1.82) is 0 Å². The molecule has 0 radical (unpaired) electrons. The molecule has 0 fully saturated rings. The van der Waals surface area contributed by atoms with Crippen LogP contribution >= 0.6 is 31.9 Å². The zero-order chi connectivity index (χ0) is 13.4. The van der Waals surface area contributed by atoms with Crippen LogP contribution in [0, 0.1) is 13.8 Å². The molecule has 3 nitrogen and oxygen atoms in total. The number of hydrogen-bond acceptors (Lipinski definition) is 1. The Balaban J connectivity index is 2.73. The second-order valence-corrected chi connectivity index (χ2v) is 5.94. The Bertz CT molecular complexity index is 609. The third-order valence-electron chi connectivity index (χ3n) is 2.70. The summed E-state index contributed by atoms with van der Waals surface area (Å²) in [4.78, 5) is 11.2. The number of halogens is 2. The van der Waals surface area contributed by atoms with Crippen LogP contribution in [0.15, 0.2) is 33.3 Å². The lowest BCUT2D eigenvalue weighted by Crippen LogP contribution is -2.08. The third kappa shape index (κ3) is 2.37. The van der Waals surface area contributed by atoms with Crippen molar-refractivity contribution >= 4 is 37.8 Å². The fourth-order valence-electron chi connectivity index (χ4n) is 2.06. The first-order valence-corrected chi connectivity index (χ1v) is 6.87. The van der Waals surface area contributed by atoms with Crippen molar-refractivity contribution in [2.45, 2.75) is 13.8 Å². The zero-order valence-electron chi connectivity index (χ0n) is 9.87. The van der Waals surface area contributed by atoms with Gasteiger partial charge in [-0.3, -0.25) is 0 Å². The molecule has 1 aromatic heterocycles. The van der Waals surface area contributed by atoms with Crippen LogP contribution in [0.2, 0.25) is 0 Å². The summed E-state index contributed by atoms with van der Waals surface area (Å²) in [6, 6.07) is 5.55. The second kappa shape index (κ2) is 4.90. The molecule has 2 rings (SSSR count). The maximum absolute atomic E-state index is 11.2. The Labute approximate surface area is 122 Å². The normalized spacial score (nSPS) is 10.7. The van der Waals surface area contributed by atoms with Crippen molar-refractivity contribution in [3.05, 3.63) is 50.2 Å². The van der Waals surface area contributed by atoms with Gasteiger partial charge in [-0.15, -0.1) is 0 Å². The minimum absolute atomic E-state index is 0.246. The Morgan fingerprint density at radius 1 is 1.11 bits per heavy atom. The number of aromatic nitrogens is 1. The van der Waals surface area contributed by atoms with Crippen molar-refractivity contribution < 1.29 is 9.90 Å². The van der Waals surface area contributed by atoms with Crippen LogP contribution in [0.4, 0.5) is 0 Å². The topological polar surface area (TPSA) is 42.2 Å². The molecule has 0 aliphatic carbocycles. The van der Waals surface area contributed by atoms with E-state index in [9.17, 15) is 9.90 Å². The summed E-state index contributed by atoms with van der Waals surface area (Å²) in [5.41, 5.74) is 3.19. The van der Waals surface area contributed by atoms with Crippen LogP contribution in [-0.4, -0.2) is 15.6 Å². The number of rotatable bonds is 2. The third-order valence-corrected chi connectivity index (χ3v) is 3.59. The molecule has 0 saturated carbocycles. The van der Waals surface area contributed by atoms with Gasteiger partial charge in [0.1, 0.15) is 5.69 Å². The molecule has 0 unspecified atom stereocenters. The van der Waals surface area contributed by atoms with E-state index < -0.39 is 5.97 Å². The molecule has 0 atom stereocenters. The van der Waals surface area contributed by atoms with Gasteiger partial charge in [0, 0.05) is 15.1 Å². The van der Waals surface area contributed by atoms with Crippen LogP contribution in [0.5, 0.6) is 0 Å². The van der Waals surface area contributed by atoms with E-state index in [0.29, 0.717) is 0 Å². The van der Waals surface area contributed by atoms with Crippen molar-refractivity contribution in [3.8, 4) is 5.69 Å². The predicted molar refractivity (Wildman–Crippen MR) is 77.6 cm³/mol. The predicted octanol–water partition coefficient (Wildman–Crippen LogP) is 4.32. The number of aromatic carboxylic acids is 1. The molecule has 2 aromatic rings. The Morgan fingerprint density at radius 2 is 1.67 bits per heavy atom. The van der Waals surface area contributed by atoms with E-state index in [1.54, 1.807) is 16.8 Å². The number of aryl methyl sites for hydroxylation is 2. The maximum Gasteiger partial charge on any atom is 0.352 e. The van der Waals surface area contributed by atoms with Crippen molar-refractivity contribution in [2.24, 2.45) is 0 Å². The molecule has 0 amide bonds. The molecule has 5 heteroatoms. The van der Waals surface area contributed by atoms with Gasteiger partial charge in [0.05, 0.1) is 5.69 Å². The van der Waals surface area contributed by atoms with Gasteiger partial charge in [-0.2, -0.15) is 0 Å². The summed E-state index contributed by atoms with van der Waals surface area (Å²) >= 11 is 6.76. The molecule has 0 spiro atoms. The lowest BCUT2D eigenvalue weighted by atomic mass is 10.1. The maximum atomic E-state index is 11.2. The highest BCUT2D eigenvalue weighted by Gasteiger charge is 2.16. The fourth-order valence-corrected chi connectivity index (χ4v) is 3.17. The number of nitrogens with zero attached hydrogens (tertiary/aromatic N) is 1. The SMILES string of the molecule is Cc1cc(Br)cc(C)c1-n1cc(Br)cc1C(=O)O. The lowest BCUT2D eigenvalue weighted by Gasteiger charge is -2.13. The molecular formula is C13H11Br2NO2. The average molecular weight is 373 g/mol. The summed E-state index contributed by atoms with van der Waals surface area (Å²) in [7, 11) is 0. The largest absolute Gasteiger partial charge is 0.477 e. The Hall–Kier alpha value is -1.07. The summed E-state index contributed by atoms with van der Waals surface area (Å²) in [5, 5.41) is 9.23. The van der Waals surface area contributed by atoms with Gasteiger partial charge < -0.3 is 9.67 Å². The lowest BCUT2D eigenvalue weighted by molar-refractivity contribution is 0.0688. The van der Waals surface area contributed by atoms with Crippen LogP contribution in [0.3, 0.4) is 0 Å². The monoisotopic (exact) mass is 371 g/mol. The molecule has 18 heavy (non-hydrogen) atoms. The van der Waals surface area contributed by atoms with Crippen molar-refractivity contribution in [2.75, 3.05) is 0 Å². The number of carboxylic acids is 1. The summed E-state index contributed by atoms with van der Waals surface area (Å²) in [6.07, 6.45) is 1.77. The Morgan fingerprint density at radius 3 is 2.17 bits per heavy atom. The smallest absolute Gasteiger partial charge is 0.352 e. The molecule has 1 heterocycles. The first-order valence-electron chi connectivity index (χ1n) is 5.28. The van der Waals surface area contributed by atoms with E-state index in [0.717, 1.165) is 25.8 Å². The fraction of sp³-hybridized carbons (Fsp3) is 0.154. The average Bonchev–Trinajstić information content (AvgIpc) is 2.58. The van der Waals surface area contributed by atoms with Crippen LogP contribution < -0.4 is 0 Å². The number of hydrogen-bond donors (Lipinski definition) is 1. The zero-order valence-corrected chi connectivity index (χ0v) is 13.0. The molecule has 1 aromatic carbocycles. The number of benzene rings is 1. The van der Waals surface area contributed by atoms with E-state index in [-0.39, 0.29) is 5.69 Å². The molecule has 0 bridgehead atoms. The van der Waals surface area contributed by atoms with Gasteiger partial charge in [-0.25, -0.2) is 4.79 Å². The molecule has 0 aliphatic heterocycles. The summed E-state index contributed by atoms with van der Waals surface area (Å²) in [5.74, 6) is -0.942. The minimum Gasteiger partial charge on any atom is -0.477 e. The van der Waals surface area contributed by atoms with Crippen LogP contribution in [0.25, 0.3) is 5.69 Å². The van der Waals surface area contributed by atoms with E-state index >= 15 is 0 Å². The second-order valence-electron chi connectivity index (χ2n) is 4.11. The first kappa shape index (κ1) is 13.4. The number of carbonyl (C=O) groups is 1. The van der Waals surface area contributed by atoms with Crippen LogP contribution in [0.1, 0.15) is 21.6 Å². The first-order chi connectivity index (χ1) is 8.40. The molecule has 1 N–H and O–H groups in total.